The lowest BCUT2D eigenvalue weighted by atomic mass is 9.62. The molecule has 2 aromatic rings. The molecule has 0 radical (unpaired) electrons. The number of benzene rings is 2. The Balaban J connectivity index is 0.00000106. The van der Waals surface area contributed by atoms with Gasteiger partial charge in [0, 0.05) is 5.56 Å². The number of primary amides is 1. The van der Waals surface area contributed by atoms with Gasteiger partial charge in [-0.25, -0.2) is 0 Å². The van der Waals surface area contributed by atoms with Crippen molar-refractivity contribution in [2.75, 3.05) is 0 Å². The molecule has 2 nitrogen and oxygen atoms in total. The molecule has 0 aliphatic heterocycles. The third-order valence-electron chi connectivity index (χ3n) is 6.04. The molecule has 0 unspecified atom stereocenters. The zero-order valence-electron chi connectivity index (χ0n) is 20.6. The van der Waals surface area contributed by atoms with Crippen molar-refractivity contribution in [2.24, 2.45) is 5.73 Å². The Bertz CT molecular complexity index is 886. The largest absolute Gasteiger partial charge is 0.366 e. The average molecular weight is 408 g/mol. The van der Waals surface area contributed by atoms with E-state index >= 15 is 0 Å². The molecule has 1 aliphatic rings. The molecule has 0 atom stereocenters. The second kappa shape index (κ2) is 10.1. The fraction of sp³-hybridized carbons (Fsp3) is 0.464. The smallest absolute Gasteiger partial charge is 0.248 e. The number of amides is 1. The fourth-order valence-electron chi connectivity index (χ4n) is 4.04. The molecule has 2 aromatic carbocycles. The molecule has 0 spiro atoms. The van der Waals surface area contributed by atoms with E-state index in [1.165, 1.54) is 35.1 Å². The van der Waals surface area contributed by atoms with Crippen molar-refractivity contribution < 1.29 is 4.79 Å². The van der Waals surface area contributed by atoms with Gasteiger partial charge in [0.05, 0.1) is 0 Å². The molecule has 0 bridgehead atoms. The summed E-state index contributed by atoms with van der Waals surface area (Å²) in [7, 11) is 0. The summed E-state index contributed by atoms with van der Waals surface area (Å²) < 4.78 is 0. The summed E-state index contributed by atoms with van der Waals surface area (Å²) >= 11 is 0. The minimum Gasteiger partial charge on any atom is -0.366 e. The summed E-state index contributed by atoms with van der Waals surface area (Å²) in [6, 6.07) is 12.1. The maximum Gasteiger partial charge on any atom is 0.248 e. The van der Waals surface area contributed by atoms with Crippen LogP contribution in [0.3, 0.4) is 0 Å². The zero-order valence-corrected chi connectivity index (χ0v) is 20.6. The van der Waals surface area contributed by atoms with Crippen molar-refractivity contribution in [1.29, 1.82) is 0 Å². The normalized spacial score (nSPS) is 15.5. The summed E-state index contributed by atoms with van der Waals surface area (Å²) in [5.41, 5.74) is 13.6. The highest BCUT2D eigenvalue weighted by molar-refractivity contribution is 5.93. The van der Waals surface area contributed by atoms with Gasteiger partial charge in [-0.2, -0.15) is 0 Å². The predicted octanol–water partition coefficient (Wildman–Crippen LogP) is 7.56. The Morgan fingerprint density at radius 1 is 0.833 bits per heavy atom. The van der Waals surface area contributed by atoms with E-state index in [4.69, 9.17) is 5.73 Å². The number of fused-ring (bicyclic) bond motifs is 1. The highest BCUT2D eigenvalue weighted by Gasteiger charge is 2.37. The third kappa shape index (κ3) is 5.22. The van der Waals surface area contributed by atoms with Gasteiger partial charge in [-0.15, -0.1) is 0 Å². The molecular weight excluding hydrogens is 366 g/mol. The predicted molar refractivity (Wildman–Crippen MR) is 132 cm³/mol. The molecule has 2 N–H and O–H groups in total. The Labute approximate surface area is 184 Å². The molecule has 2 heteroatoms. The van der Waals surface area contributed by atoms with E-state index < -0.39 is 5.91 Å². The van der Waals surface area contributed by atoms with E-state index in [1.54, 1.807) is 12.1 Å². The minimum atomic E-state index is -0.406. The minimum absolute atomic E-state index is 0.170. The van der Waals surface area contributed by atoms with Crippen molar-refractivity contribution >= 4 is 11.5 Å². The Hall–Kier alpha value is -2.35. The summed E-state index contributed by atoms with van der Waals surface area (Å²) in [4.78, 5) is 11.3. The fourth-order valence-corrected chi connectivity index (χ4v) is 4.04. The second-order valence-corrected chi connectivity index (χ2v) is 8.90. The van der Waals surface area contributed by atoms with E-state index in [0.717, 1.165) is 11.1 Å². The first-order chi connectivity index (χ1) is 14.0. The van der Waals surface area contributed by atoms with Crippen molar-refractivity contribution in [2.45, 2.75) is 86.0 Å². The van der Waals surface area contributed by atoms with Crippen LogP contribution in [0.1, 0.15) is 106 Å². The lowest BCUT2D eigenvalue weighted by Gasteiger charge is -2.42. The first-order valence-corrected chi connectivity index (χ1v) is 11.3. The molecule has 1 amide bonds. The molecule has 164 valence electrons. The van der Waals surface area contributed by atoms with Crippen LogP contribution in [0.2, 0.25) is 0 Å². The maximum absolute atomic E-state index is 11.3. The van der Waals surface area contributed by atoms with Crippen LogP contribution in [0.4, 0.5) is 0 Å². The summed E-state index contributed by atoms with van der Waals surface area (Å²) in [5, 5.41) is 0. The van der Waals surface area contributed by atoms with Crippen LogP contribution >= 0.6 is 0 Å². The molecule has 0 saturated heterocycles. The molecule has 0 aromatic heterocycles. The van der Waals surface area contributed by atoms with Gasteiger partial charge >= 0.3 is 0 Å². The van der Waals surface area contributed by atoms with Gasteiger partial charge in [0.15, 0.2) is 0 Å². The molecule has 3 rings (SSSR count). The van der Waals surface area contributed by atoms with Crippen molar-refractivity contribution in [1.82, 2.24) is 0 Å². The molecule has 0 heterocycles. The van der Waals surface area contributed by atoms with Gasteiger partial charge in [0.2, 0.25) is 5.91 Å². The monoisotopic (exact) mass is 407 g/mol. The highest BCUT2D eigenvalue weighted by Crippen LogP contribution is 2.47. The van der Waals surface area contributed by atoms with Crippen molar-refractivity contribution in [3.8, 4) is 0 Å². The topological polar surface area (TPSA) is 43.1 Å². The van der Waals surface area contributed by atoms with Gasteiger partial charge in [-0.3, -0.25) is 4.79 Å². The van der Waals surface area contributed by atoms with Crippen LogP contribution in [0.25, 0.3) is 5.57 Å². The maximum atomic E-state index is 11.3. The summed E-state index contributed by atoms with van der Waals surface area (Å²) in [6.45, 7) is 23.9. The van der Waals surface area contributed by atoms with Gasteiger partial charge in [-0.1, -0.05) is 86.2 Å². The summed E-state index contributed by atoms with van der Waals surface area (Å²) in [6.07, 6.45) is 2.40. The van der Waals surface area contributed by atoms with Crippen LogP contribution in [0, 0.1) is 6.92 Å². The number of rotatable bonds is 3. The number of aryl methyl sites for hydroxylation is 1. The van der Waals surface area contributed by atoms with Crippen LogP contribution < -0.4 is 5.73 Å². The van der Waals surface area contributed by atoms with E-state index in [0.29, 0.717) is 5.56 Å². The molecule has 0 saturated carbocycles. The van der Waals surface area contributed by atoms with E-state index in [9.17, 15) is 4.79 Å². The Kier molecular flexibility index (Phi) is 8.65. The summed E-state index contributed by atoms with van der Waals surface area (Å²) in [5.74, 6) is -0.406. The average Bonchev–Trinajstić information content (AvgIpc) is 2.74. The Morgan fingerprint density at radius 2 is 1.23 bits per heavy atom. The van der Waals surface area contributed by atoms with Crippen molar-refractivity contribution in [3.63, 3.8) is 0 Å². The van der Waals surface area contributed by atoms with Gasteiger partial charge in [0.25, 0.3) is 0 Å². The van der Waals surface area contributed by atoms with E-state index in [-0.39, 0.29) is 10.8 Å². The number of hydrogen-bond acceptors (Lipinski definition) is 1. The molecule has 1 aliphatic carbocycles. The molecular formula is C28H41NO. The number of carbonyl (C=O) groups is 1. The van der Waals surface area contributed by atoms with Crippen LogP contribution in [0.15, 0.2) is 43.0 Å². The lowest BCUT2D eigenvalue weighted by Crippen LogP contribution is -2.34. The van der Waals surface area contributed by atoms with Gasteiger partial charge in [0.1, 0.15) is 0 Å². The van der Waals surface area contributed by atoms with Gasteiger partial charge < -0.3 is 5.73 Å². The first-order valence-electron chi connectivity index (χ1n) is 11.3. The van der Waals surface area contributed by atoms with E-state index in [1.807, 2.05) is 39.8 Å². The van der Waals surface area contributed by atoms with Gasteiger partial charge in [-0.05, 0) is 76.1 Å². The first kappa shape index (κ1) is 25.7. The quantitative estimate of drug-likeness (QED) is 0.560. The van der Waals surface area contributed by atoms with E-state index in [2.05, 4.69) is 53.3 Å². The lowest BCUT2D eigenvalue weighted by molar-refractivity contribution is 0.100. The molecule has 0 fully saturated rings. The van der Waals surface area contributed by atoms with Crippen LogP contribution in [-0.4, -0.2) is 5.91 Å². The van der Waals surface area contributed by atoms with Crippen molar-refractivity contribution in [3.05, 3.63) is 76.4 Å². The SMILES string of the molecule is C=C(c1ccc(C(N)=O)cc1)c1cc2c(cc1C)C(C)(C)CCC2(C)C.CC.CC. The van der Waals surface area contributed by atoms with Crippen LogP contribution in [-0.2, 0) is 10.8 Å². The number of nitrogens with two attached hydrogens (primary N) is 1. The molecule has 30 heavy (non-hydrogen) atoms. The number of carbonyl (C=O) groups excluding carboxylic acids is 1. The zero-order chi connectivity index (χ0) is 23.3. The third-order valence-corrected chi connectivity index (χ3v) is 6.04. The standard InChI is InChI=1S/C24H29NO.2C2H6/c1-15-13-20-21(24(5,6)12-11-23(20,3)4)14-19(15)16(2)17-7-9-18(10-8-17)22(25)26;2*1-2/h7-10,13-14H,2,11-12H2,1,3-6H3,(H2,25,26);2*1-2H3. The highest BCUT2D eigenvalue weighted by atomic mass is 16.1. The number of hydrogen-bond donors (Lipinski definition) is 1. The Morgan fingerprint density at radius 3 is 1.67 bits per heavy atom. The van der Waals surface area contributed by atoms with Crippen LogP contribution in [0.5, 0.6) is 0 Å². The second-order valence-electron chi connectivity index (χ2n) is 8.90.